The van der Waals surface area contributed by atoms with Gasteiger partial charge in [0.15, 0.2) is 0 Å². The molecular weight excluding hydrogens is 266 g/mol. The summed E-state index contributed by atoms with van der Waals surface area (Å²) in [6.45, 7) is 0. The first-order valence-corrected chi connectivity index (χ1v) is 5.72. The van der Waals surface area contributed by atoms with Crippen LogP contribution in [0.2, 0.25) is 0 Å². The number of nitrogens with two attached hydrogens (primary N) is 1. The van der Waals surface area contributed by atoms with Crippen LogP contribution in [-0.4, -0.2) is 11.8 Å². The van der Waals surface area contributed by atoms with E-state index in [1.165, 1.54) is 18.2 Å². The zero-order chi connectivity index (χ0) is 14.4. The van der Waals surface area contributed by atoms with Crippen molar-refractivity contribution in [1.29, 1.82) is 0 Å². The van der Waals surface area contributed by atoms with Crippen molar-refractivity contribution in [2.75, 3.05) is 10.6 Å². The molecule has 0 fully saturated rings. The van der Waals surface area contributed by atoms with Gasteiger partial charge in [0, 0.05) is 11.8 Å². The monoisotopic (exact) mass is 274 g/mol. The highest BCUT2D eigenvalue weighted by Crippen LogP contribution is 2.31. The number of benzene rings is 2. The van der Waals surface area contributed by atoms with Crippen LogP contribution in [0.25, 0.3) is 0 Å². The second-order valence-electron chi connectivity index (χ2n) is 4.35. The fourth-order valence-corrected chi connectivity index (χ4v) is 2.14. The maximum Gasteiger partial charge on any atom is 0.266 e. The Bertz CT molecular complexity index is 759. The Kier molecular flexibility index (Phi) is 2.53. The van der Waals surface area contributed by atoms with Crippen LogP contribution in [0.1, 0.15) is 20.7 Å². The third kappa shape index (κ3) is 1.65. The average Bonchev–Trinajstić information content (AvgIpc) is 2.63. The van der Waals surface area contributed by atoms with Gasteiger partial charge in [-0.15, -0.1) is 0 Å². The molecule has 3 rings (SSSR count). The van der Waals surface area contributed by atoms with E-state index in [1.54, 1.807) is 0 Å². The van der Waals surface area contributed by atoms with E-state index in [-0.39, 0.29) is 16.8 Å². The molecule has 1 heterocycles. The number of carbonyl (C=O) groups excluding carboxylic acids is 2. The van der Waals surface area contributed by atoms with Crippen LogP contribution in [-0.2, 0) is 0 Å². The van der Waals surface area contributed by atoms with Crippen molar-refractivity contribution in [2.24, 2.45) is 0 Å². The molecule has 2 aromatic carbocycles. The minimum absolute atomic E-state index is 0.110. The molecule has 6 heteroatoms. The summed E-state index contributed by atoms with van der Waals surface area (Å²) >= 11 is 0. The van der Waals surface area contributed by atoms with Gasteiger partial charge in [-0.1, -0.05) is 0 Å². The summed E-state index contributed by atoms with van der Waals surface area (Å²) in [6.07, 6.45) is 0. The van der Waals surface area contributed by atoms with Crippen LogP contribution < -0.4 is 10.6 Å². The van der Waals surface area contributed by atoms with Crippen molar-refractivity contribution in [2.45, 2.75) is 0 Å². The number of nitrogens with zero attached hydrogens (tertiary/aromatic N) is 1. The first kappa shape index (κ1) is 12.3. The molecule has 1 aliphatic rings. The summed E-state index contributed by atoms with van der Waals surface area (Å²) in [6, 6.07) is 6.90. The number of carbonyl (C=O) groups is 2. The van der Waals surface area contributed by atoms with Gasteiger partial charge >= 0.3 is 0 Å². The number of anilines is 2. The maximum absolute atomic E-state index is 13.7. The average molecular weight is 274 g/mol. The van der Waals surface area contributed by atoms with E-state index < -0.39 is 23.4 Å². The lowest BCUT2D eigenvalue weighted by molar-refractivity contribution is 0.0925. The molecule has 0 saturated heterocycles. The number of hydrogen-bond acceptors (Lipinski definition) is 3. The Morgan fingerprint density at radius 3 is 2.30 bits per heavy atom. The van der Waals surface area contributed by atoms with Crippen molar-refractivity contribution in [3.05, 3.63) is 59.2 Å². The number of hydrogen-bond donors (Lipinski definition) is 1. The van der Waals surface area contributed by atoms with Gasteiger partial charge in [0.1, 0.15) is 11.6 Å². The third-order valence-electron chi connectivity index (χ3n) is 3.06. The fraction of sp³-hybridized carbons (Fsp3) is 0. The Balaban J connectivity index is 2.14. The molecule has 20 heavy (non-hydrogen) atoms. The Labute approximate surface area is 112 Å². The van der Waals surface area contributed by atoms with Crippen LogP contribution in [0, 0.1) is 11.6 Å². The first-order chi connectivity index (χ1) is 9.49. The topological polar surface area (TPSA) is 63.4 Å². The minimum atomic E-state index is -0.979. The van der Waals surface area contributed by atoms with Gasteiger partial charge in [-0.2, -0.15) is 0 Å². The Morgan fingerprint density at radius 2 is 1.60 bits per heavy atom. The quantitative estimate of drug-likeness (QED) is 0.641. The van der Waals surface area contributed by atoms with Crippen molar-refractivity contribution >= 4 is 23.2 Å². The number of nitrogen functional groups attached to an aromatic ring is 1. The van der Waals surface area contributed by atoms with E-state index in [0.717, 1.165) is 12.1 Å². The summed E-state index contributed by atoms with van der Waals surface area (Å²) < 4.78 is 26.6. The second-order valence-corrected chi connectivity index (χ2v) is 4.35. The van der Waals surface area contributed by atoms with E-state index in [2.05, 4.69) is 0 Å². The highest BCUT2D eigenvalue weighted by molar-refractivity contribution is 6.34. The molecule has 0 aromatic heterocycles. The Morgan fingerprint density at radius 1 is 0.900 bits per heavy atom. The van der Waals surface area contributed by atoms with Crippen LogP contribution in [0.3, 0.4) is 0 Å². The number of fused-ring (bicyclic) bond motifs is 1. The molecule has 2 aromatic rings. The largest absolute Gasteiger partial charge is 0.399 e. The molecule has 4 nitrogen and oxygen atoms in total. The van der Waals surface area contributed by atoms with Gasteiger partial charge in [0.05, 0.1) is 16.8 Å². The molecule has 0 aliphatic carbocycles. The van der Waals surface area contributed by atoms with Crippen LogP contribution >= 0.6 is 0 Å². The molecule has 1 aliphatic heterocycles. The first-order valence-electron chi connectivity index (χ1n) is 5.72. The minimum Gasteiger partial charge on any atom is -0.399 e. The molecule has 0 unspecified atom stereocenters. The van der Waals surface area contributed by atoms with Gasteiger partial charge in [-0.25, -0.2) is 13.7 Å². The van der Waals surface area contributed by atoms with E-state index in [9.17, 15) is 18.4 Å². The normalized spacial score (nSPS) is 13.8. The van der Waals surface area contributed by atoms with Crippen LogP contribution in [0.4, 0.5) is 20.2 Å². The molecule has 0 spiro atoms. The third-order valence-corrected chi connectivity index (χ3v) is 3.06. The predicted molar refractivity (Wildman–Crippen MR) is 68.4 cm³/mol. The highest BCUT2D eigenvalue weighted by Gasteiger charge is 2.38. The summed E-state index contributed by atoms with van der Waals surface area (Å²) in [5.74, 6) is -3.10. The van der Waals surface area contributed by atoms with E-state index in [0.29, 0.717) is 16.7 Å². The van der Waals surface area contributed by atoms with Gasteiger partial charge in [-0.3, -0.25) is 9.59 Å². The van der Waals surface area contributed by atoms with Gasteiger partial charge in [0.25, 0.3) is 11.8 Å². The maximum atomic E-state index is 13.7. The molecule has 0 bridgehead atoms. The molecule has 0 saturated carbocycles. The molecular formula is C14H8F2N2O2. The van der Waals surface area contributed by atoms with Gasteiger partial charge < -0.3 is 5.73 Å². The molecule has 2 amide bonds. The lowest BCUT2D eigenvalue weighted by Gasteiger charge is -2.14. The molecule has 2 N–H and O–H groups in total. The standard InChI is InChI=1S/C14H8F2N2O2/c15-7-1-4-12(11(16)5-7)18-13(19)9-3-2-8(17)6-10(9)14(18)20/h1-6H,17H2. The second kappa shape index (κ2) is 4.12. The molecule has 0 atom stereocenters. The summed E-state index contributed by atoms with van der Waals surface area (Å²) in [5.41, 5.74) is 5.87. The fourth-order valence-electron chi connectivity index (χ4n) is 2.14. The van der Waals surface area contributed by atoms with Gasteiger partial charge in [-0.05, 0) is 30.3 Å². The number of amides is 2. The summed E-state index contributed by atoms with van der Waals surface area (Å²) in [4.78, 5) is 25.0. The number of halogens is 2. The van der Waals surface area contributed by atoms with Crippen molar-refractivity contribution in [3.63, 3.8) is 0 Å². The highest BCUT2D eigenvalue weighted by atomic mass is 19.1. The van der Waals surface area contributed by atoms with E-state index in [1.807, 2.05) is 0 Å². The molecule has 0 radical (unpaired) electrons. The zero-order valence-electron chi connectivity index (χ0n) is 10.1. The predicted octanol–water partition coefficient (Wildman–Crippen LogP) is 2.35. The lowest BCUT2D eigenvalue weighted by atomic mass is 10.1. The Hall–Kier alpha value is -2.76. The van der Waals surface area contributed by atoms with Crippen molar-refractivity contribution in [1.82, 2.24) is 0 Å². The summed E-state index contributed by atoms with van der Waals surface area (Å²) in [7, 11) is 0. The number of rotatable bonds is 1. The van der Waals surface area contributed by atoms with Gasteiger partial charge in [0.2, 0.25) is 0 Å². The molecule has 100 valence electrons. The van der Waals surface area contributed by atoms with Crippen molar-refractivity contribution in [3.8, 4) is 0 Å². The smallest absolute Gasteiger partial charge is 0.266 e. The van der Waals surface area contributed by atoms with E-state index >= 15 is 0 Å². The SMILES string of the molecule is Nc1ccc2c(c1)C(=O)N(c1ccc(F)cc1F)C2=O. The van der Waals surface area contributed by atoms with Crippen LogP contribution in [0.15, 0.2) is 36.4 Å². The van der Waals surface area contributed by atoms with Crippen molar-refractivity contribution < 1.29 is 18.4 Å². The summed E-state index contributed by atoms with van der Waals surface area (Å²) in [5, 5.41) is 0. The van der Waals surface area contributed by atoms with Crippen LogP contribution in [0.5, 0.6) is 0 Å². The lowest BCUT2D eigenvalue weighted by Crippen LogP contribution is -2.30. The number of imide groups is 1. The zero-order valence-corrected chi connectivity index (χ0v) is 10.1. The van der Waals surface area contributed by atoms with E-state index in [4.69, 9.17) is 5.73 Å².